The van der Waals surface area contributed by atoms with Gasteiger partial charge in [0.2, 0.25) is 0 Å². The molecule has 2 rings (SSSR count). The Hall–Kier alpha value is -1.02. The number of nitrogens with zero attached hydrogens (tertiary/aromatic N) is 1. The Bertz CT molecular complexity index is 349. The Morgan fingerprint density at radius 3 is 2.85 bits per heavy atom. The van der Waals surface area contributed by atoms with Crippen LogP contribution in [0.2, 0.25) is 5.02 Å². The Labute approximate surface area is 82.2 Å². The van der Waals surface area contributed by atoms with Gasteiger partial charge in [0.25, 0.3) is 0 Å². The maximum absolute atomic E-state index is 6.02. The monoisotopic (exact) mass is 195 g/mol. The highest BCUT2D eigenvalue weighted by molar-refractivity contribution is 6.31. The maximum Gasteiger partial charge on any atom is 0.159 e. The fourth-order valence-corrected chi connectivity index (χ4v) is 1.66. The van der Waals surface area contributed by atoms with Gasteiger partial charge in [-0.25, -0.2) is 0 Å². The van der Waals surface area contributed by atoms with E-state index in [1.54, 1.807) is 0 Å². The molecule has 0 aromatic heterocycles. The first-order valence-electron chi connectivity index (χ1n) is 4.21. The number of halogens is 1. The molecule has 0 radical (unpaired) electrons. The van der Waals surface area contributed by atoms with Crippen LogP contribution in [0.1, 0.15) is 25.0 Å². The first-order chi connectivity index (χ1) is 6.27. The Balaban J connectivity index is 2.23. The van der Waals surface area contributed by atoms with Crippen molar-refractivity contribution < 1.29 is 4.84 Å². The highest BCUT2D eigenvalue weighted by atomic mass is 35.5. The van der Waals surface area contributed by atoms with Crippen molar-refractivity contribution in [2.24, 2.45) is 5.16 Å². The van der Waals surface area contributed by atoms with Crippen LogP contribution in [0.15, 0.2) is 29.4 Å². The largest absolute Gasteiger partial charge is 0.387 e. The summed E-state index contributed by atoms with van der Waals surface area (Å²) in [6.45, 7) is 1.96. The molecule has 0 bridgehead atoms. The van der Waals surface area contributed by atoms with Crippen LogP contribution in [-0.4, -0.2) is 5.71 Å². The lowest BCUT2D eigenvalue weighted by Crippen LogP contribution is -1.98. The van der Waals surface area contributed by atoms with E-state index in [4.69, 9.17) is 16.4 Å². The van der Waals surface area contributed by atoms with E-state index >= 15 is 0 Å². The molecule has 1 heterocycles. The van der Waals surface area contributed by atoms with E-state index < -0.39 is 0 Å². The molecule has 2 nitrogen and oxygen atoms in total. The number of oxime groups is 1. The van der Waals surface area contributed by atoms with Crippen molar-refractivity contribution in [3.63, 3.8) is 0 Å². The van der Waals surface area contributed by atoms with Crippen LogP contribution < -0.4 is 0 Å². The lowest BCUT2D eigenvalue weighted by atomic mass is 10.1. The van der Waals surface area contributed by atoms with Crippen molar-refractivity contribution >= 4 is 17.3 Å². The second kappa shape index (κ2) is 3.38. The third-order valence-corrected chi connectivity index (χ3v) is 2.41. The predicted molar refractivity (Wildman–Crippen MR) is 53.0 cm³/mol. The quantitative estimate of drug-likeness (QED) is 0.675. The molecule has 13 heavy (non-hydrogen) atoms. The Morgan fingerprint density at radius 2 is 2.23 bits per heavy atom. The van der Waals surface area contributed by atoms with Gasteiger partial charge in [-0.1, -0.05) is 35.0 Å². The summed E-state index contributed by atoms with van der Waals surface area (Å²) in [7, 11) is 0. The summed E-state index contributed by atoms with van der Waals surface area (Å²) in [5, 5.41) is 4.64. The fraction of sp³-hybridized carbons (Fsp3) is 0.300. The Morgan fingerprint density at radius 1 is 1.46 bits per heavy atom. The highest BCUT2D eigenvalue weighted by Gasteiger charge is 2.21. The van der Waals surface area contributed by atoms with Crippen LogP contribution in [0.4, 0.5) is 0 Å². The zero-order valence-corrected chi connectivity index (χ0v) is 8.08. The molecule has 0 saturated carbocycles. The molecule has 0 spiro atoms. The summed E-state index contributed by atoms with van der Waals surface area (Å²) in [6, 6.07) is 7.71. The van der Waals surface area contributed by atoms with Crippen molar-refractivity contribution in [2.45, 2.75) is 19.4 Å². The van der Waals surface area contributed by atoms with Crippen LogP contribution in [0.25, 0.3) is 0 Å². The van der Waals surface area contributed by atoms with E-state index in [0.717, 1.165) is 22.7 Å². The molecule has 0 N–H and O–H groups in total. The van der Waals surface area contributed by atoms with Crippen molar-refractivity contribution in [3.05, 3.63) is 34.9 Å². The zero-order valence-electron chi connectivity index (χ0n) is 7.33. The van der Waals surface area contributed by atoms with Gasteiger partial charge in [-0.15, -0.1) is 0 Å². The summed E-state index contributed by atoms with van der Waals surface area (Å²) in [4.78, 5) is 5.24. The van der Waals surface area contributed by atoms with Gasteiger partial charge >= 0.3 is 0 Å². The number of hydrogen-bond acceptors (Lipinski definition) is 2. The maximum atomic E-state index is 6.02. The lowest BCUT2D eigenvalue weighted by Gasteiger charge is -2.09. The molecule has 1 aliphatic rings. The minimum Gasteiger partial charge on any atom is -0.387 e. The van der Waals surface area contributed by atoms with Crippen LogP contribution in [0, 0.1) is 0 Å². The second-order valence-electron chi connectivity index (χ2n) is 3.15. The third kappa shape index (κ3) is 1.68. The molecule has 0 amide bonds. The van der Waals surface area contributed by atoms with E-state index in [9.17, 15) is 0 Å². The van der Waals surface area contributed by atoms with Gasteiger partial charge in [-0.2, -0.15) is 0 Å². The fourth-order valence-electron chi connectivity index (χ4n) is 1.40. The molecule has 1 aromatic carbocycles. The first-order valence-corrected chi connectivity index (χ1v) is 4.59. The first kappa shape index (κ1) is 8.57. The van der Waals surface area contributed by atoms with Crippen molar-refractivity contribution in [2.75, 3.05) is 0 Å². The van der Waals surface area contributed by atoms with Gasteiger partial charge < -0.3 is 4.84 Å². The van der Waals surface area contributed by atoms with Crippen LogP contribution in [0.3, 0.4) is 0 Å². The summed E-state index contributed by atoms with van der Waals surface area (Å²) < 4.78 is 0. The predicted octanol–water partition coefficient (Wildman–Crippen LogP) is 3.18. The van der Waals surface area contributed by atoms with E-state index in [1.807, 2.05) is 31.2 Å². The van der Waals surface area contributed by atoms with Crippen molar-refractivity contribution in [3.8, 4) is 0 Å². The van der Waals surface area contributed by atoms with Gasteiger partial charge in [0.05, 0.1) is 5.71 Å². The number of benzene rings is 1. The van der Waals surface area contributed by atoms with Gasteiger partial charge in [-0.3, -0.25) is 0 Å². The molecule has 0 aliphatic carbocycles. The molecule has 0 unspecified atom stereocenters. The van der Waals surface area contributed by atoms with E-state index in [1.165, 1.54) is 0 Å². The molecule has 1 aliphatic heterocycles. The summed E-state index contributed by atoms with van der Waals surface area (Å²) >= 11 is 6.02. The molecule has 0 fully saturated rings. The zero-order chi connectivity index (χ0) is 9.26. The van der Waals surface area contributed by atoms with Gasteiger partial charge in [0.15, 0.2) is 6.10 Å². The number of hydrogen-bond donors (Lipinski definition) is 0. The molecular formula is C10H10ClNO. The molecule has 1 aromatic rings. The van der Waals surface area contributed by atoms with E-state index in [-0.39, 0.29) is 6.10 Å². The van der Waals surface area contributed by atoms with E-state index in [2.05, 4.69) is 5.16 Å². The smallest absolute Gasteiger partial charge is 0.159 e. The SMILES string of the molecule is CC1=NO[C@@H](c2ccccc2Cl)C1. The molecule has 0 saturated heterocycles. The van der Waals surface area contributed by atoms with Gasteiger partial charge in [0, 0.05) is 17.0 Å². The summed E-state index contributed by atoms with van der Waals surface area (Å²) in [5.41, 5.74) is 2.04. The Kier molecular flexibility index (Phi) is 2.23. The average molecular weight is 196 g/mol. The molecule has 68 valence electrons. The van der Waals surface area contributed by atoms with Crippen molar-refractivity contribution in [1.82, 2.24) is 0 Å². The number of rotatable bonds is 1. The van der Waals surface area contributed by atoms with Crippen molar-refractivity contribution in [1.29, 1.82) is 0 Å². The van der Waals surface area contributed by atoms with Crippen LogP contribution in [0.5, 0.6) is 0 Å². The molecular weight excluding hydrogens is 186 g/mol. The van der Waals surface area contributed by atoms with Crippen LogP contribution in [-0.2, 0) is 4.84 Å². The minimum absolute atomic E-state index is 0.00806. The standard InChI is InChI=1S/C10H10ClNO/c1-7-6-10(13-12-7)8-4-2-3-5-9(8)11/h2-5,10H,6H2,1H3/t10-/m1/s1. The minimum atomic E-state index is 0.00806. The average Bonchev–Trinajstić information content (AvgIpc) is 2.53. The highest BCUT2D eigenvalue weighted by Crippen LogP contribution is 2.31. The lowest BCUT2D eigenvalue weighted by molar-refractivity contribution is 0.0858. The molecule has 1 atom stereocenters. The van der Waals surface area contributed by atoms with Gasteiger partial charge in [-0.05, 0) is 13.0 Å². The van der Waals surface area contributed by atoms with E-state index in [0.29, 0.717) is 0 Å². The van der Waals surface area contributed by atoms with Crippen LogP contribution >= 0.6 is 11.6 Å². The summed E-state index contributed by atoms with van der Waals surface area (Å²) in [5.74, 6) is 0. The molecule has 3 heteroatoms. The topological polar surface area (TPSA) is 21.6 Å². The van der Waals surface area contributed by atoms with Gasteiger partial charge in [0.1, 0.15) is 0 Å². The summed E-state index contributed by atoms with van der Waals surface area (Å²) in [6.07, 6.45) is 0.845. The third-order valence-electron chi connectivity index (χ3n) is 2.07. The second-order valence-corrected chi connectivity index (χ2v) is 3.55. The normalized spacial score (nSPS) is 21.1.